The van der Waals surface area contributed by atoms with E-state index in [1.807, 2.05) is 13.8 Å². The fourth-order valence-electron chi connectivity index (χ4n) is 5.05. The molecule has 1 aromatic rings. The quantitative estimate of drug-likeness (QED) is 0.684. The van der Waals surface area contributed by atoms with Crippen molar-refractivity contribution in [3.05, 3.63) is 52.6 Å². The molecule has 33 heavy (non-hydrogen) atoms. The number of amides is 1. The first-order chi connectivity index (χ1) is 15.6. The van der Waals surface area contributed by atoms with E-state index in [-0.39, 0.29) is 48.1 Å². The molecule has 0 radical (unpaired) electrons. The molecule has 0 fully saturated rings. The van der Waals surface area contributed by atoms with E-state index in [1.54, 1.807) is 31.2 Å². The summed E-state index contributed by atoms with van der Waals surface area (Å²) in [7, 11) is 1.16. The number of carbonyl (C=O) groups excluding carboxylic acids is 4. The number of hydrogen-bond donors (Lipinski definition) is 1. The van der Waals surface area contributed by atoms with Gasteiger partial charge in [0.05, 0.1) is 19.3 Å². The minimum absolute atomic E-state index is 0.0697. The average molecular weight is 454 g/mol. The molecule has 174 valence electrons. The Labute approximate surface area is 191 Å². The molecule has 0 aromatic heterocycles. The molecule has 0 saturated heterocycles. The van der Waals surface area contributed by atoms with Gasteiger partial charge < -0.3 is 19.9 Å². The summed E-state index contributed by atoms with van der Waals surface area (Å²) in [4.78, 5) is 54.3. The number of para-hydroxylation sites is 1. The minimum Gasteiger partial charge on any atom is -0.465 e. The number of ketones is 1. The molecule has 0 saturated carbocycles. The fourth-order valence-corrected chi connectivity index (χ4v) is 5.05. The lowest BCUT2D eigenvalue weighted by Gasteiger charge is -2.42. The van der Waals surface area contributed by atoms with E-state index < -0.39 is 28.7 Å². The standard InChI is InChI=1S/C24H26N2O7/c1-5-32-17(28)12-26-14-9-7-6-8-13(14)24(22(26)30)18-15(27)10-23(2,3)11-16(18)33-20(25)19(24)21(29)31-4/h6-9H,5,10-12,25H2,1-4H3. The van der Waals surface area contributed by atoms with Crippen molar-refractivity contribution < 1.29 is 33.4 Å². The van der Waals surface area contributed by atoms with Crippen molar-refractivity contribution >= 4 is 29.3 Å². The Bertz CT molecular complexity index is 1150. The molecule has 1 amide bonds. The smallest absolute Gasteiger partial charge is 0.340 e. The first kappa shape index (κ1) is 22.6. The van der Waals surface area contributed by atoms with E-state index in [1.165, 1.54) is 4.90 Å². The van der Waals surface area contributed by atoms with Gasteiger partial charge in [-0.05, 0) is 18.4 Å². The molecule has 1 aromatic carbocycles. The second kappa shape index (κ2) is 7.75. The lowest BCUT2D eigenvalue weighted by molar-refractivity contribution is -0.142. The molecule has 9 nitrogen and oxygen atoms in total. The van der Waals surface area contributed by atoms with Gasteiger partial charge in [0.15, 0.2) is 5.78 Å². The second-order valence-corrected chi connectivity index (χ2v) is 9.04. The maximum absolute atomic E-state index is 14.2. The van der Waals surface area contributed by atoms with Crippen molar-refractivity contribution in [2.45, 2.75) is 39.0 Å². The molecule has 1 atom stereocenters. The van der Waals surface area contributed by atoms with Crippen LogP contribution in [0.3, 0.4) is 0 Å². The Morgan fingerprint density at radius 2 is 1.88 bits per heavy atom. The van der Waals surface area contributed by atoms with Gasteiger partial charge in [0.25, 0.3) is 0 Å². The number of carbonyl (C=O) groups is 4. The number of rotatable bonds is 4. The summed E-state index contributed by atoms with van der Waals surface area (Å²) in [6, 6.07) is 6.70. The molecule has 1 unspecified atom stereocenters. The molecule has 1 spiro atoms. The highest BCUT2D eigenvalue weighted by atomic mass is 16.5. The van der Waals surface area contributed by atoms with Crippen molar-refractivity contribution in [3.63, 3.8) is 0 Å². The SMILES string of the molecule is CCOC(=O)CN1C(=O)C2(C(C(=O)OC)=C(N)OC3=C2C(=O)CC(C)(C)C3)c2ccccc21. The van der Waals surface area contributed by atoms with Gasteiger partial charge in [-0.25, -0.2) is 4.79 Å². The Balaban J connectivity index is 2.03. The van der Waals surface area contributed by atoms with Crippen LogP contribution in [0.15, 0.2) is 47.1 Å². The first-order valence-corrected chi connectivity index (χ1v) is 10.7. The Kier molecular flexibility index (Phi) is 5.30. The number of nitrogens with two attached hydrogens (primary N) is 1. The third kappa shape index (κ3) is 3.21. The first-order valence-electron chi connectivity index (χ1n) is 10.7. The molecular formula is C24H26N2O7. The Hall–Kier alpha value is -3.62. The van der Waals surface area contributed by atoms with E-state index in [0.29, 0.717) is 17.7 Å². The van der Waals surface area contributed by atoms with Crippen LogP contribution in [0.1, 0.15) is 39.2 Å². The zero-order valence-corrected chi connectivity index (χ0v) is 19.0. The summed E-state index contributed by atoms with van der Waals surface area (Å²) in [5.41, 5.74) is 4.47. The van der Waals surface area contributed by atoms with E-state index in [9.17, 15) is 19.2 Å². The largest absolute Gasteiger partial charge is 0.465 e. The van der Waals surface area contributed by atoms with Crippen LogP contribution in [0.2, 0.25) is 0 Å². The molecule has 9 heteroatoms. The van der Waals surface area contributed by atoms with Crippen molar-refractivity contribution in [1.82, 2.24) is 0 Å². The lowest BCUT2D eigenvalue weighted by atomic mass is 9.62. The monoisotopic (exact) mass is 454 g/mol. The minimum atomic E-state index is -1.87. The molecule has 3 aliphatic rings. The van der Waals surface area contributed by atoms with E-state index >= 15 is 0 Å². The number of anilines is 1. The van der Waals surface area contributed by atoms with Crippen molar-refractivity contribution in [1.29, 1.82) is 0 Å². The number of methoxy groups -OCH3 is 1. The van der Waals surface area contributed by atoms with Crippen LogP contribution in [0, 0.1) is 5.41 Å². The third-order valence-corrected chi connectivity index (χ3v) is 6.21. The van der Waals surface area contributed by atoms with Crippen LogP contribution in [-0.4, -0.2) is 43.9 Å². The van der Waals surface area contributed by atoms with Gasteiger partial charge in [-0.15, -0.1) is 0 Å². The number of allylic oxidation sites excluding steroid dienone is 1. The number of hydrogen-bond acceptors (Lipinski definition) is 8. The Morgan fingerprint density at radius 1 is 1.18 bits per heavy atom. The number of ether oxygens (including phenoxy) is 3. The molecule has 2 N–H and O–H groups in total. The number of Topliss-reactive ketones (excluding diaryl/α,β-unsaturated/α-hetero) is 1. The fraction of sp³-hybridized carbons (Fsp3) is 0.417. The predicted octanol–water partition coefficient (Wildman–Crippen LogP) is 1.85. The number of nitrogens with zero attached hydrogens (tertiary/aromatic N) is 1. The lowest BCUT2D eigenvalue weighted by Crippen LogP contribution is -2.52. The summed E-state index contributed by atoms with van der Waals surface area (Å²) in [6.45, 7) is 5.25. The highest BCUT2D eigenvalue weighted by Gasteiger charge is 2.64. The van der Waals surface area contributed by atoms with Gasteiger partial charge >= 0.3 is 11.9 Å². The molecule has 1 aliphatic carbocycles. The van der Waals surface area contributed by atoms with Crippen LogP contribution in [0.4, 0.5) is 5.69 Å². The third-order valence-electron chi connectivity index (χ3n) is 6.21. The highest BCUT2D eigenvalue weighted by Crippen LogP contribution is 2.57. The van der Waals surface area contributed by atoms with Crippen molar-refractivity contribution in [3.8, 4) is 0 Å². The van der Waals surface area contributed by atoms with E-state index in [4.69, 9.17) is 19.9 Å². The van der Waals surface area contributed by atoms with Gasteiger partial charge in [-0.2, -0.15) is 0 Å². The zero-order chi connectivity index (χ0) is 24.1. The van der Waals surface area contributed by atoms with Crippen molar-refractivity contribution in [2.24, 2.45) is 11.1 Å². The zero-order valence-electron chi connectivity index (χ0n) is 19.0. The Morgan fingerprint density at radius 3 is 2.55 bits per heavy atom. The highest BCUT2D eigenvalue weighted by molar-refractivity contribution is 6.24. The molecule has 2 aliphatic heterocycles. The maximum atomic E-state index is 14.2. The molecular weight excluding hydrogens is 428 g/mol. The molecule has 0 bridgehead atoms. The van der Waals surface area contributed by atoms with E-state index in [2.05, 4.69) is 0 Å². The second-order valence-electron chi connectivity index (χ2n) is 9.04. The number of benzene rings is 1. The van der Waals surface area contributed by atoms with Gasteiger partial charge in [0, 0.05) is 24.1 Å². The van der Waals surface area contributed by atoms with Gasteiger partial charge in [0.1, 0.15) is 23.3 Å². The number of esters is 2. The normalized spacial score (nSPS) is 23.3. The summed E-state index contributed by atoms with van der Waals surface area (Å²) >= 11 is 0. The summed E-state index contributed by atoms with van der Waals surface area (Å²) < 4.78 is 15.8. The average Bonchev–Trinajstić information content (AvgIpc) is 2.96. The summed E-state index contributed by atoms with van der Waals surface area (Å²) in [6.07, 6.45) is 0.497. The summed E-state index contributed by atoms with van der Waals surface area (Å²) in [5, 5.41) is 0. The summed E-state index contributed by atoms with van der Waals surface area (Å²) in [5.74, 6) is -2.53. The van der Waals surface area contributed by atoms with Crippen molar-refractivity contribution in [2.75, 3.05) is 25.2 Å². The van der Waals surface area contributed by atoms with Crippen LogP contribution in [-0.2, 0) is 38.8 Å². The predicted molar refractivity (Wildman–Crippen MR) is 116 cm³/mol. The van der Waals surface area contributed by atoms with Crippen LogP contribution >= 0.6 is 0 Å². The molecule has 4 rings (SSSR count). The topological polar surface area (TPSA) is 125 Å². The maximum Gasteiger partial charge on any atom is 0.340 e. The number of fused-ring (bicyclic) bond motifs is 3. The van der Waals surface area contributed by atoms with Crippen LogP contribution in [0.5, 0.6) is 0 Å². The van der Waals surface area contributed by atoms with Gasteiger partial charge in [-0.1, -0.05) is 32.0 Å². The van der Waals surface area contributed by atoms with E-state index in [0.717, 1.165) is 7.11 Å². The molecule has 2 heterocycles. The van der Waals surface area contributed by atoms with Gasteiger partial charge in [-0.3, -0.25) is 19.3 Å². The van der Waals surface area contributed by atoms with Crippen LogP contribution < -0.4 is 10.6 Å². The van der Waals surface area contributed by atoms with Gasteiger partial charge in [0.2, 0.25) is 11.8 Å². The van der Waals surface area contributed by atoms with Crippen LogP contribution in [0.25, 0.3) is 0 Å².